The average Bonchev–Trinajstić information content (AvgIpc) is 2.41. The third kappa shape index (κ3) is 3.06. The molecule has 1 fully saturated rings. The maximum Gasteiger partial charge on any atom is 0.123 e. The monoisotopic (exact) mass is 259 g/mol. The van der Waals surface area contributed by atoms with Crippen LogP contribution in [-0.4, -0.2) is 37.2 Å². The molecule has 0 saturated carbocycles. The van der Waals surface area contributed by atoms with Crippen LogP contribution in [0.25, 0.3) is 0 Å². The Hall–Kier alpha value is -1.57. The lowest BCUT2D eigenvalue weighted by molar-refractivity contribution is 0.0819. The summed E-state index contributed by atoms with van der Waals surface area (Å²) in [5.74, 6) is 0.855. The Balaban J connectivity index is 2.24. The maximum atomic E-state index is 9.02. The summed E-state index contributed by atoms with van der Waals surface area (Å²) in [4.78, 5) is 2.43. The van der Waals surface area contributed by atoms with E-state index in [9.17, 15) is 0 Å². The predicted molar refractivity (Wildman–Crippen MR) is 75.1 cm³/mol. The van der Waals surface area contributed by atoms with E-state index in [2.05, 4.69) is 30.1 Å². The molecule has 1 N–H and O–H groups in total. The van der Waals surface area contributed by atoms with Crippen molar-refractivity contribution in [2.75, 3.05) is 26.7 Å². The van der Waals surface area contributed by atoms with Crippen molar-refractivity contribution < 1.29 is 4.74 Å². The number of piperazine rings is 1. The van der Waals surface area contributed by atoms with E-state index in [1.165, 1.54) is 0 Å². The van der Waals surface area contributed by atoms with Crippen LogP contribution in [0.15, 0.2) is 18.2 Å². The Morgan fingerprint density at radius 1 is 1.47 bits per heavy atom. The molecule has 0 aliphatic carbocycles. The number of hydrogen-bond donors (Lipinski definition) is 1. The zero-order valence-corrected chi connectivity index (χ0v) is 11.9. The van der Waals surface area contributed by atoms with Gasteiger partial charge in [0.25, 0.3) is 0 Å². The van der Waals surface area contributed by atoms with Gasteiger partial charge in [0.05, 0.1) is 18.7 Å². The van der Waals surface area contributed by atoms with Crippen molar-refractivity contribution in [3.63, 3.8) is 0 Å². The van der Waals surface area contributed by atoms with Crippen LogP contribution in [0.3, 0.4) is 0 Å². The van der Waals surface area contributed by atoms with E-state index in [0.29, 0.717) is 5.56 Å². The molecule has 0 spiro atoms. The lowest BCUT2D eigenvalue weighted by Gasteiger charge is -2.43. The highest BCUT2D eigenvalue weighted by Gasteiger charge is 2.29. The Kier molecular flexibility index (Phi) is 4.08. The van der Waals surface area contributed by atoms with Crippen LogP contribution in [-0.2, 0) is 6.54 Å². The van der Waals surface area contributed by atoms with Crippen molar-refractivity contribution in [3.8, 4) is 11.8 Å². The Morgan fingerprint density at radius 3 is 2.89 bits per heavy atom. The van der Waals surface area contributed by atoms with Crippen molar-refractivity contribution in [3.05, 3.63) is 29.3 Å². The van der Waals surface area contributed by atoms with Gasteiger partial charge in [-0.25, -0.2) is 0 Å². The van der Waals surface area contributed by atoms with Gasteiger partial charge < -0.3 is 10.1 Å². The minimum atomic E-state index is 0.117. The molecule has 1 aromatic carbocycles. The van der Waals surface area contributed by atoms with Crippen LogP contribution in [0.1, 0.15) is 25.0 Å². The van der Waals surface area contributed by atoms with Gasteiger partial charge in [0.1, 0.15) is 5.75 Å². The van der Waals surface area contributed by atoms with E-state index in [-0.39, 0.29) is 5.54 Å². The summed E-state index contributed by atoms with van der Waals surface area (Å²) in [5.41, 5.74) is 1.88. The molecule has 0 atom stereocenters. The molecule has 1 heterocycles. The summed E-state index contributed by atoms with van der Waals surface area (Å²) in [6.45, 7) is 8.27. The lowest BCUT2D eigenvalue weighted by Crippen LogP contribution is -2.57. The number of rotatable bonds is 3. The molecule has 0 bridgehead atoms. The van der Waals surface area contributed by atoms with Crippen LogP contribution >= 0.6 is 0 Å². The van der Waals surface area contributed by atoms with Gasteiger partial charge >= 0.3 is 0 Å². The largest absolute Gasteiger partial charge is 0.496 e. The average molecular weight is 259 g/mol. The fraction of sp³-hybridized carbons (Fsp3) is 0.533. The number of benzene rings is 1. The molecule has 1 saturated heterocycles. The quantitative estimate of drug-likeness (QED) is 0.898. The number of nitrogens with zero attached hydrogens (tertiary/aromatic N) is 2. The summed E-state index contributed by atoms with van der Waals surface area (Å²) >= 11 is 0. The summed E-state index contributed by atoms with van der Waals surface area (Å²) in [5, 5.41) is 12.4. The fourth-order valence-electron chi connectivity index (χ4n) is 2.49. The van der Waals surface area contributed by atoms with Gasteiger partial charge in [-0.2, -0.15) is 5.26 Å². The first kappa shape index (κ1) is 13.9. The number of methoxy groups -OCH3 is 1. The van der Waals surface area contributed by atoms with Crippen LogP contribution in [0.2, 0.25) is 0 Å². The van der Waals surface area contributed by atoms with E-state index in [4.69, 9.17) is 10.00 Å². The first-order valence-corrected chi connectivity index (χ1v) is 6.59. The zero-order chi connectivity index (χ0) is 13.9. The van der Waals surface area contributed by atoms with Gasteiger partial charge in [0, 0.05) is 37.3 Å². The van der Waals surface area contributed by atoms with E-state index in [1.54, 1.807) is 13.2 Å². The van der Waals surface area contributed by atoms with Gasteiger partial charge in [-0.1, -0.05) is 0 Å². The molecule has 1 aliphatic rings. The molecule has 0 aromatic heterocycles. The van der Waals surface area contributed by atoms with Crippen molar-refractivity contribution in [2.24, 2.45) is 0 Å². The van der Waals surface area contributed by atoms with E-state index >= 15 is 0 Å². The second kappa shape index (κ2) is 5.60. The molecule has 102 valence electrons. The van der Waals surface area contributed by atoms with Crippen molar-refractivity contribution in [1.82, 2.24) is 10.2 Å². The zero-order valence-electron chi connectivity index (χ0n) is 11.9. The van der Waals surface area contributed by atoms with Crippen molar-refractivity contribution >= 4 is 0 Å². The Labute approximate surface area is 115 Å². The van der Waals surface area contributed by atoms with Crippen molar-refractivity contribution in [1.29, 1.82) is 5.26 Å². The van der Waals surface area contributed by atoms with Crippen molar-refractivity contribution in [2.45, 2.75) is 25.9 Å². The second-order valence-corrected chi connectivity index (χ2v) is 5.55. The first-order chi connectivity index (χ1) is 9.06. The maximum absolute atomic E-state index is 9.02. The standard InChI is InChI=1S/C15H21N3O/c1-15(2)11-17-6-7-18(15)10-13-8-12(9-16)4-5-14(13)19-3/h4-5,8,17H,6-7,10-11H2,1-3H3. The minimum Gasteiger partial charge on any atom is -0.496 e. The topological polar surface area (TPSA) is 48.3 Å². The number of hydrogen-bond acceptors (Lipinski definition) is 4. The SMILES string of the molecule is COc1ccc(C#N)cc1CN1CCNCC1(C)C. The Morgan fingerprint density at radius 2 is 2.26 bits per heavy atom. The Bertz CT molecular complexity index is 491. The van der Waals surface area contributed by atoms with E-state index < -0.39 is 0 Å². The summed E-state index contributed by atoms with van der Waals surface area (Å²) in [6, 6.07) is 7.79. The highest BCUT2D eigenvalue weighted by Crippen LogP contribution is 2.25. The molecule has 4 heteroatoms. The lowest BCUT2D eigenvalue weighted by atomic mass is 9.98. The molecule has 19 heavy (non-hydrogen) atoms. The second-order valence-electron chi connectivity index (χ2n) is 5.55. The highest BCUT2D eigenvalue weighted by molar-refractivity contribution is 5.42. The summed E-state index contributed by atoms with van der Waals surface area (Å²) in [7, 11) is 1.67. The van der Waals surface area contributed by atoms with Gasteiger partial charge in [0.15, 0.2) is 0 Å². The molecular formula is C15H21N3O. The highest BCUT2D eigenvalue weighted by atomic mass is 16.5. The minimum absolute atomic E-state index is 0.117. The predicted octanol–water partition coefficient (Wildman–Crippen LogP) is 1.75. The van der Waals surface area contributed by atoms with E-state index in [1.807, 2.05) is 12.1 Å². The van der Waals surface area contributed by atoms with Gasteiger partial charge in [-0.05, 0) is 32.0 Å². The molecule has 1 aliphatic heterocycles. The van der Waals surface area contributed by atoms with Gasteiger partial charge in [-0.3, -0.25) is 4.90 Å². The fourth-order valence-corrected chi connectivity index (χ4v) is 2.49. The van der Waals surface area contributed by atoms with Crippen LogP contribution < -0.4 is 10.1 Å². The third-order valence-electron chi connectivity index (χ3n) is 3.74. The molecule has 2 rings (SSSR count). The first-order valence-electron chi connectivity index (χ1n) is 6.59. The van der Waals surface area contributed by atoms with Crippen LogP contribution in [0, 0.1) is 11.3 Å². The molecule has 0 radical (unpaired) electrons. The molecule has 0 amide bonds. The van der Waals surface area contributed by atoms with Gasteiger partial charge in [-0.15, -0.1) is 0 Å². The number of nitriles is 1. The molecule has 0 unspecified atom stereocenters. The normalized spacial score (nSPS) is 18.8. The van der Waals surface area contributed by atoms with Gasteiger partial charge in [0.2, 0.25) is 0 Å². The van der Waals surface area contributed by atoms with E-state index in [0.717, 1.165) is 37.5 Å². The molecule has 1 aromatic rings. The number of ether oxygens (including phenoxy) is 1. The smallest absolute Gasteiger partial charge is 0.123 e. The molecular weight excluding hydrogens is 238 g/mol. The van der Waals surface area contributed by atoms with Crippen LogP contribution in [0.5, 0.6) is 5.75 Å². The molecule has 4 nitrogen and oxygen atoms in total. The summed E-state index contributed by atoms with van der Waals surface area (Å²) in [6.07, 6.45) is 0. The third-order valence-corrected chi connectivity index (χ3v) is 3.74. The number of nitrogens with one attached hydrogen (secondary N) is 1. The van der Waals surface area contributed by atoms with Crippen LogP contribution in [0.4, 0.5) is 0 Å². The summed E-state index contributed by atoms with van der Waals surface area (Å²) < 4.78 is 5.40.